The Kier molecular flexibility index (Phi) is 5.92. The van der Waals surface area contributed by atoms with Gasteiger partial charge < -0.3 is 14.2 Å². The second-order valence-electron chi connectivity index (χ2n) is 7.10. The average molecular weight is 413 g/mol. The molecule has 4 heteroatoms. The van der Waals surface area contributed by atoms with Crippen LogP contribution in [0, 0.1) is 0 Å². The highest BCUT2D eigenvalue weighted by Gasteiger charge is 2.39. The molecule has 0 aliphatic carbocycles. The van der Waals surface area contributed by atoms with E-state index in [0.29, 0.717) is 4.48 Å². The zero-order chi connectivity index (χ0) is 21.7. The van der Waals surface area contributed by atoms with Crippen LogP contribution < -0.4 is 18.7 Å². The Morgan fingerprint density at radius 3 is 0.968 bits per heavy atom. The molecule has 4 aromatic carbocycles. The zero-order valence-corrected chi connectivity index (χ0v) is 18.0. The first kappa shape index (κ1) is 20.5. The van der Waals surface area contributed by atoms with Gasteiger partial charge >= 0.3 is 0 Å². The van der Waals surface area contributed by atoms with E-state index >= 15 is 0 Å². The number of quaternary nitrogens is 1. The predicted octanol–water partition coefficient (Wildman–Crippen LogP) is 7.01. The first-order valence-corrected chi connectivity index (χ1v) is 10.1. The molecular formula is C27H26NO3+. The SMILES string of the molecule is COc1ccc([N+](c2ccccc2)(c2ccc(OC)cc2)c2ccc(OC)cc2)cc1. The highest BCUT2D eigenvalue weighted by Crippen LogP contribution is 2.52. The lowest BCUT2D eigenvalue weighted by Gasteiger charge is -2.37. The van der Waals surface area contributed by atoms with Gasteiger partial charge in [0, 0.05) is 48.5 Å². The summed E-state index contributed by atoms with van der Waals surface area (Å²) in [4.78, 5) is 0. The van der Waals surface area contributed by atoms with Gasteiger partial charge in [-0.1, -0.05) is 18.2 Å². The van der Waals surface area contributed by atoms with E-state index in [-0.39, 0.29) is 0 Å². The summed E-state index contributed by atoms with van der Waals surface area (Å²) < 4.78 is 16.7. The lowest BCUT2D eigenvalue weighted by molar-refractivity contribution is 0.414. The van der Waals surface area contributed by atoms with E-state index in [4.69, 9.17) is 14.2 Å². The largest absolute Gasteiger partial charge is 0.497 e. The van der Waals surface area contributed by atoms with Gasteiger partial charge in [0.05, 0.1) is 21.3 Å². The number of hydrogen-bond acceptors (Lipinski definition) is 3. The number of nitrogens with zero attached hydrogens (tertiary/aromatic N) is 1. The van der Waals surface area contributed by atoms with Crippen molar-refractivity contribution in [3.8, 4) is 17.2 Å². The van der Waals surface area contributed by atoms with Crippen molar-refractivity contribution >= 4 is 22.7 Å². The van der Waals surface area contributed by atoms with Crippen LogP contribution in [0.15, 0.2) is 103 Å². The summed E-state index contributed by atoms with van der Waals surface area (Å²) in [7, 11) is 5.05. The molecule has 4 aromatic rings. The van der Waals surface area contributed by atoms with Crippen LogP contribution >= 0.6 is 0 Å². The molecular weight excluding hydrogens is 386 g/mol. The topological polar surface area (TPSA) is 27.7 Å². The third-order valence-electron chi connectivity index (χ3n) is 5.52. The molecule has 0 bridgehead atoms. The quantitative estimate of drug-likeness (QED) is 0.305. The van der Waals surface area contributed by atoms with E-state index in [9.17, 15) is 0 Å². The molecule has 4 nitrogen and oxygen atoms in total. The van der Waals surface area contributed by atoms with E-state index in [2.05, 4.69) is 60.7 Å². The molecule has 156 valence electrons. The molecule has 0 aliphatic heterocycles. The van der Waals surface area contributed by atoms with Crippen molar-refractivity contribution in [3.05, 3.63) is 103 Å². The standard InChI is InChI=1S/C27H26NO3/c1-29-25-15-9-22(10-16-25)28(21-7-5-4-6-8-21,23-11-17-26(30-2)18-12-23)24-13-19-27(31-3)20-14-24/h4-20H,1-3H3/q+1. The minimum Gasteiger partial charge on any atom is -0.497 e. The molecule has 0 unspecified atom stereocenters. The van der Waals surface area contributed by atoms with Crippen LogP contribution in [0.2, 0.25) is 0 Å². The van der Waals surface area contributed by atoms with E-state index in [1.165, 1.54) is 0 Å². The van der Waals surface area contributed by atoms with Crippen LogP contribution in [0.4, 0.5) is 22.7 Å². The first-order chi connectivity index (χ1) is 15.2. The van der Waals surface area contributed by atoms with E-state index in [1.54, 1.807) is 21.3 Å². The minimum absolute atomic E-state index is 0.402. The number of hydrogen-bond donors (Lipinski definition) is 0. The second-order valence-corrected chi connectivity index (χ2v) is 7.10. The van der Waals surface area contributed by atoms with Gasteiger partial charge in [0.1, 0.15) is 40.0 Å². The molecule has 0 N–H and O–H groups in total. The van der Waals surface area contributed by atoms with Crippen LogP contribution in [-0.2, 0) is 0 Å². The third kappa shape index (κ3) is 3.74. The third-order valence-corrected chi connectivity index (χ3v) is 5.52. The summed E-state index contributed by atoms with van der Waals surface area (Å²) in [6.07, 6.45) is 0. The maximum atomic E-state index is 5.42. The molecule has 0 spiro atoms. The summed E-state index contributed by atoms with van der Waals surface area (Å²) in [6, 6.07) is 35.1. The van der Waals surface area contributed by atoms with E-state index in [1.807, 2.05) is 42.5 Å². The molecule has 0 aromatic heterocycles. The highest BCUT2D eigenvalue weighted by atomic mass is 16.5. The molecule has 0 heterocycles. The predicted molar refractivity (Wildman–Crippen MR) is 126 cm³/mol. The van der Waals surface area contributed by atoms with Crippen molar-refractivity contribution in [2.45, 2.75) is 0 Å². The Morgan fingerprint density at radius 1 is 0.387 bits per heavy atom. The fourth-order valence-corrected chi connectivity index (χ4v) is 3.96. The molecule has 0 saturated heterocycles. The lowest BCUT2D eigenvalue weighted by Crippen LogP contribution is -2.33. The zero-order valence-electron chi connectivity index (χ0n) is 18.0. The molecule has 0 aliphatic rings. The van der Waals surface area contributed by atoms with Gasteiger partial charge in [0.25, 0.3) is 0 Å². The number of rotatable bonds is 7. The molecule has 0 amide bonds. The number of ether oxygens (including phenoxy) is 3. The van der Waals surface area contributed by atoms with Gasteiger partial charge in [0.2, 0.25) is 0 Å². The first-order valence-electron chi connectivity index (χ1n) is 10.1. The molecule has 0 radical (unpaired) electrons. The van der Waals surface area contributed by atoms with Gasteiger partial charge in [-0.05, 0) is 36.4 Å². The van der Waals surface area contributed by atoms with Gasteiger partial charge in [0.15, 0.2) is 0 Å². The maximum Gasteiger partial charge on any atom is 0.148 e. The van der Waals surface area contributed by atoms with Crippen LogP contribution in [0.25, 0.3) is 0 Å². The van der Waals surface area contributed by atoms with Crippen molar-refractivity contribution in [2.75, 3.05) is 21.3 Å². The van der Waals surface area contributed by atoms with Crippen LogP contribution in [-0.4, -0.2) is 21.3 Å². The number of para-hydroxylation sites is 1. The van der Waals surface area contributed by atoms with Crippen LogP contribution in [0.1, 0.15) is 0 Å². The van der Waals surface area contributed by atoms with Gasteiger partial charge in [-0.3, -0.25) is 0 Å². The Balaban J connectivity index is 2.05. The maximum absolute atomic E-state index is 5.42. The molecule has 0 atom stereocenters. The normalized spacial score (nSPS) is 11.1. The smallest absolute Gasteiger partial charge is 0.148 e. The second kappa shape index (κ2) is 8.94. The summed E-state index contributed by atoms with van der Waals surface area (Å²) in [5.41, 5.74) is 4.37. The molecule has 4 rings (SSSR count). The number of benzene rings is 4. The van der Waals surface area contributed by atoms with Gasteiger partial charge in [-0.2, -0.15) is 4.48 Å². The van der Waals surface area contributed by atoms with Gasteiger partial charge in [-0.15, -0.1) is 0 Å². The molecule has 31 heavy (non-hydrogen) atoms. The molecule has 0 saturated carbocycles. The average Bonchev–Trinajstić information content (AvgIpc) is 2.86. The Bertz CT molecular complexity index is 990. The van der Waals surface area contributed by atoms with Crippen molar-refractivity contribution in [3.63, 3.8) is 0 Å². The van der Waals surface area contributed by atoms with E-state index < -0.39 is 0 Å². The fraction of sp³-hybridized carbons (Fsp3) is 0.111. The Labute approximate surface area is 183 Å². The van der Waals surface area contributed by atoms with Gasteiger partial charge in [-0.25, -0.2) is 0 Å². The summed E-state index contributed by atoms with van der Waals surface area (Å²) in [5.74, 6) is 2.46. The minimum atomic E-state index is 0.402. The Morgan fingerprint density at radius 2 is 0.677 bits per heavy atom. The monoisotopic (exact) mass is 412 g/mol. The fourth-order valence-electron chi connectivity index (χ4n) is 3.96. The van der Waals surface area contributed by atoms with Crippen LogP contribution in [0.3, 0.4) is 0 Å². The summed E-state index contributed by atoms with van der Waals surface area (Å²) >= 11 is 0. The highest BCUT2D eigenvalue weighted by molar-refractivity contribution is 5.82. The Hall–Kier alpha value is -3.76. The number of methoxy groups -OCH3 is 3. The lowest BCUT2D eigenvalue weighted by atomic mass is 10.1. The van der Waals surface area contributed by atoms with Crippen molar-refractivity contribution < 1.29 is 14.2 Å². The molecule has 0 fully saturated rings. The summed E-state index contributed by atoms with van der Waals surface area (Å²) in [5, 5.41) is 0. The van der Waals surface area contributed by atoms with Crippen molar-refractivity contribution in [1.29, 1.82) is 0 Å². The van der Waals surface area contributed by atoms with Crippen LogP contribution in [0.5, 0.6) is 17.2 Å². The van der Waals surface area contributed by atoms with E-state index in [0.717, 1.165) is 40.0 Å². The summed E-state index contributed by atoms with van der Waals surface area (Å²) in [6.45, 7) is 0. The van der Waals surface area contributed by atoms with Crippen molar-refractivity contribution in [2.24, 2.45) is 0 Å². The van der Waals surface area contributed by atoms with Crippen molar-refractivity contribution in [1.82, 2.24) is 4.48 Å².